The van der Waals surface area contributed by atoms with Crippen LogP contribution in [0.1, 0.15) is 84.5 Å². The van der Waals surface area contributed by atoms with Crippen LogP contribution in [0.25, 0.3) is 0 Å². The molecule has 0 spiro atoms. The Balaban J connectivity index is 4.15. The van der Waals surface area contributed by atoms with Gasteiger partial charge in [-0.1, -0.05) is 46.0 Å². The minimum atomic E-state index is -0.526. The molecule has 0 aromatic heterocycles. The number of unbranched alkanes of at least 4 members (excludes halogenated alkanes) is 6. The number of esters is 1. The lowest BCUT2D eigenvalue weighted by Crippen LogP contribution is -2.42. The summed E-state index contributed by atoms with van der Waals surface area (Å²) in [5.41, 5.74) is 5.49. The lowest BCUT2D eigenvalue weighted by molar-refractivity contribution is -0.148. The summed E-state index contributed by atoms with van der Waals surface area (Å²) in [5, 5.41) is 2.84. The van der Waals surface area contributed by atoms with Gasteiger partial charge < -0.3 is 15.8 Å². The summed E-state index contributed by atoms with van der Waals surface area (Å²) in [6, 6.07) is -0.526. The number of hydrogen-bond donors (Lipinski definition) is 2. The van der Waals surface area contributed by atoms with Crippen LogP contribution in [0.4, 0.5) is 0 Å². The van der Waals surface area contributed by atoms with Crippen molar-refractivity contribution in [2.75, 3.05) is 13.2 Å². The lowest BCUT2D eigenvalue weighted by Gasteiger charge is -2.17. The highest BCUT2D eigenvalue weighted by atomic mass is 16.5. The van der Waals surface area contributed by atoms with Crippen LogP contribution in [0.2, 0.25) is 0 Å². The van der Waals surface area contributed by atoms with Crippen molar-refractivity contribution in [2.24, 2.45) is 5.73 Å². The fourth-order valence-electron chi connectivity index (χ4n) is 2.32. The zero-order chi connectivity index (χ0) is 17.3. The Kier molecular flexibility index (Phi) is 15.0. The highest BCUT2D eigenvalue weighted by Gasteiger charge is 2.21. The van der Waals surface area contributed by atoms with Crippen LogP contribution < -0.4 is 11.1 Å². The zero-order valence-corrected chi connectivity index (χ0v) is 15.1. The molecule has 1 atom stereocenters. The normalized spacial score (nSPS) is 12.0. The van der Waals surface area contributed by atoms with E-state index in [9.17, 15) is 9.59 Å². The summed E-state index contributed by atoms with van der Waals surface area (Å²) in [6.07, 6.45) is 10.1. The van der Waals surface area contributed by atoms with E-state index in [1.54, 1.807) is 0 Å². The van der Waals surface area contributed by atoms with Gasteiger partial charge in [-0.3, -0.25) is 4.79 Å². The zero-order valence-electron chi connectivity index (χ0n) is 15.1. The summed E-state index contributed by atoms with van der Waals surface area (Å²) in [7, 11) is 0. The molecule has 0 aliphatic rings. The van der Waals surface area contributed by atoms with E-state index >= 15 is 0 Å². The monoisotopic (exact) mass is 328 g/mol. The first-order valence-corrected chi connectivity index (χ1v) is 9.31. The maximum atomic E-state index is 12.1. The van der Waals surface area contributed by atoms with Gasteiger partial charge in [0.1, 0.15) is 6.04 Å². The van der Waals surface area contributed by atoms with Crippen molar-refractivity contribution in [3.8, 4) is 0 Å². The molecular weight excluding hydrogens is 292 g/mol. The molecule has 0 unspecified atom stereocenters. The number of rotatable bonds is 15. The molecule has 136 valence electrons. The summed E-state index contributed by atoms with van der Waals surface area (Å²) in [6.45, 7) is 5.24. The summed E-state index contributed by atoms with van der Waals surface area (Å²) < 4.78 is 5.25. The highest BCUT2D eigenvalue weighted by molar-refractivity contribution is 5.84. The molecule has 0 aliphatic heterocycles. The topological polar surface area (TPSA) is 81.4 Å². The third-order valence-electron chi connectivity index (χ3n) is 3.82. The number of carbonyl (C=O) groups excluding carboxylic acids is 2. The fourth-order valence-corrected chi connectivity index (χ4v) is 2.32. The number of carbonyl (C=O) groups is 2. The van der Waals surface area contributed by atoms with E-state index in [1.807, 2.05) is 6.92 Å². The Morgan fingerprint density at radius 1 is 0.957 bits per heavy atom. The van der Waals surface area contributed by atoms with E-state index in [4.69, 9.17) is 10.5 Å². The van der Waals surface area contributed by atoms with Crippen LogP contribution in [0.3, 0.4) is 0 Å². The van der Waals surface area contributed by atoms with E-state index in [0.29, 0.717) is 26.0 Å². The van der Waals surface area contributed by atoms with Gasteiger partial charge in [0.2, 0.25) is 5.91 Å². The molecule has 3 N–H and O–H groups in total. The van der Waals surface area contributed by atoms with Crippen LogP contribution in [-0.2, 0) is 14.3 Å². The second-order valence-electron chi connectivity index (χ2n) is 6.09. The molecule has 0 fully saturated rings. The van der Waals surface area contributed by atoms with E-state index in [0.717, 1.165) is 38.5 Å². The SMILES string of the molecule is CCCCCCCC(=O)N[C@@H](CCCCN)C(=O)OCCCC. The molecule has 0 aromatic rings. The van der Waals surface area contributed by atoms with Gasteiger partial charge in [-0.15, -0.1) is 0 Å². The summed E-state index contributed by atoms with van der Waals surface area (Å²) in [5.74, 6) is -0.360. The molecule has 1 amide bonds. The van der Waals surface area contributed by atoms with Gasteiger partial charge in [-0.2, -0.15) is 0 Å². The standard InChI is InChI=1S/C18H36N2O3/c1-3-5-7-8-9-13-17(21)20-16(12-10-11-14-19)18(22)23-15-6-4-2/h16H,3-15,19H2,1-2H3,(H,20,21)/t16-/m0/s1. The van der Waals surface area contributed by atoms with Crippen molar-refractivity contribution in [1.29, 1.82) is 0 Å². The predicted octanol–water partition coefficient (Wildman–Crippen LogP) is 3.30. The molecule has 5 nitrogen and oxygen atoms in total. The minimum Gasteiger partial charge on any atom is -0.464 e. The molecular formula is C18H36N2O3. The Labute approximate surface area is 141 Å². The van der Waals surface area contributed by atoms with Crippen LogP contribution in [-0.4, -0.2) is 31.1 Å². The van der Waals surface area contributed by atoms with Gasteiger partial charge in [0.15, 0.2) is 0 Å². The molecule has 5 heteroatoms. The maximum Gasteiger partial charge on any atom is 0.328 e. The highest BCUT2D eigenvalue weighted by Crippen LogP contribution is 2.07. The minimum absolute atomic E-state index is 0.0494. The molecule has 0 rings (SSSR count). The van der Waals surface area contributed by atoms with E-state index in [-0.39, 0.29) is 11.9 Å². The number of hydrogen-bond acceptors (Lipinski definition) is 4. The molecule has 0 saturated carbocycles. The number of nitrogens with one attached hydrogen (secondary N) is 1. The summed E-state index contributed by atoms with van der Waals surface area (Å²) in [4.78, 5) is 24.1. The first-order valence-electron chi connectivity index (χ1n) is 9.31. The molecule has 0 heterocycles. The fraction of sp³-hybridized carbons (Fsp3) is 0.889. The van der Waals surface area contributed by atoms with Crippen LogP contribution in [0, 0.1) is 0 Å². The number of nitrogens with two attached hydrogens (primary N) is 1. The number of amides is 1. The molecule has 0 saturated heterocycles. The number of ether oxygens (including phenoxy) is 1. The van der Waals surface area contributed by atoms with Gasteiger partial charge in [0.05, 0.1) is 6.61 Å². The Morgan fingerprint density at radius 3 is 2.30 bits per heavy atom. The average molecular weight is 328 g/mol. The summed E-state index contributed by atoms with van der Waals surface area (Å²) >= 11 is 0. The van der Waals surface area contributed by atoms with E-state index in [2.05, 4.69) is 12.2 Å². The van der Waals surface area contributed by atoms with Gasteiger partial charge in [-0.25, -0.2) is 4.79 Å². The lowest BCUT2D eigenvalue weighted by atomic mass is 10.1. The smallest absolute Gasteiger partial charge is 0.328 e. The van der Waals surface area contributed by atoms with Crippen molar-refractivity contribution in [3.63, 3.8) is 0 Å². The molecule has 0 aliphatic carbocycles. The van der Waals surface area contributed by atoms with Crippen LogP contribution in [0.5, 0.6) is 0 Å². The Morgan fingerprint density at radius 2 is 1.65 bits per heavy atom. The van der Waals surface area contributed by atoms with E-state index in [1.165, 1.54) is 19.3 Å². The average Bonchev–Trinajstić information content (AvgIpc) is 2.54. The quantitative estimate of drug-likeness (QED) is 0.357. The molecule has 0 bridgehead atoms. The van der Waals surface area contributed by atoms with Crippen molar-refractivity contribution in [1.82, 2.24) is 5.32 Å². The maximum absolute atomic E-state index is 12.1. The van der Waals surface area contributed by atoms with Gasteiger partial charge >= 0.3 is 5.97 Å². The third kappa shape index (κ3) is 13.1. The van der Waals surface area contributed by atoms with Crippen LogP contribution >= 0.6 is 0 Å². The first kappa shape index (κ1) is 21.9. The van der Waals surface area contributed by atoms with Crippen molar-refractivity contribution < 1.29 is 14.3 Å². The first-order chi connectivity index (χ1) is 11.2. The Hall–Kier alpha value is -1.10. The molecule has 0 aromatic carbocycles. The van der Waals surface area contributed by atoms with Crippen LogP contribution in [0.15, 0.2) is 0 Å². The van der Waals surface area contributed by atoms with Crippen molar-refractivity contribution in [3.05, 3.63) is 0 Å². The molecule has 23 heavy (non-hydrogen) atoms. The Bertz CT molecular complexity index is 309. The third-order valence-corrected chi connectivity index (χ3v) is 3.82. The predicted molar refractivity (Wildman–Crippen MR) is 94.1 cm³/mol. The van der Waals surface area contributed by atoms with Gasteiger partial charge in [0.25, 0.3) is 0 Å². The second-order valence-corrected chi connectivity index (χ2v) is 6.09. The van der Waals surface area contributed by atoms with Crippen molar-refractivity contribution >= 4 is 11.9 Å². The van der Waals surface area contributed by atoms with E-state index < -0.39 is 6.04 Å². The van der Waals surface area contributed by atoms with Gasteiger partial charge in [-0.05, 0) is 38.6 Å². The van der Waals surface area contributed by atoms with Gasteiger partial charge in [0, 0.05) is 6.42 Å². The molecule has 0 radical (unpaired) electrons. The second kappa shape index (κ2) is 15.8. The largest absolute Gasteiger partial charge is 0.464 e. The van der Waals surface area contributed by atoms with Crippen molar-refractivity contribution in [2.45, 2.75) is 90.5 Å².